The number of thiocarbonyl (C=S) groups is 1. The van der Waals surface area contributed by atoms with Gasteiger partial charge in [-0.2, -0.15) is 0 Å². The fraction of sp³-hybridized carbons (Fsp3) is 0.129. The van der Waals surface area contributed by atoms with Crippen LogP contribution in [0.4, 0.5) is 5.69 Å². The molecule has 0 atom stereocenters. The molecule has 0 aliphatic heterocycles. The Balaban J connectivity index is 1.35. The van der Waals surface area contributed by atoms with Gasteiger partial charge in [0.15, 0.2) is 5.11 Å². The number of nitrogens with one attached hydrogen (secondary N) is 3. The first kappa shape index (κ1) is 28.0. The van der Waals surface area contributed by atoms with Gasteiger partial charge in [-0.1, -0.05) is 88.7 Å². The Morgan fingerprint density at radius 3 is 2.10 bits per heavy atom. The Kier molecular flexibility index (Phi) is 10.2. The van der Waals surface area contributed by atoms with Crippen molar-refractivity contribution in [2.24, 2.45) is 0 Å². The van der Waals surface area contributed by atoms with Crippen LogP contribution in [0.15, 0.2) is 108 Å². The highest BCUT2D eigenvalue weighted by Crippen LogP contribution is 2.24. The average molecular weight is 603 g/mol. The third kappa shape index (κ3) is 8.49. The molecule has 198 valence electrons. The average Bonchev–Trinajstić information content (AvgIpc) is 2.95. The summed E-state index contributed by atoms with van der Waals surface area (Å²) in [6.07, 6.45) is 1.43. The lowest BCUT2D eigenvalue weighted by Crippen LogP contribution is -2.35. The monoisotopic (exact) mass is 601 g/mol. The molecular weight excluding hydrogens is 574 g/mol. The minimum atomic E-state index is -0.423. The molecule has 0 aromatic heterocycles. The Labute approximate surface area is 241 Å². The molecule has 2 amide bonds. The zero-order chi connectivity index (χ0) is 27.5. The van der Waals surface area contributed by atoms with Crippen molar-refractivity contribution in [1.29, 1.82) is 0 Å². The fourth-order valence-electron chi connectivity index (χ4n) is 3.90. The molecule has 0 saturated heterocycles. The maximum absolute atomic E-state index is 13.1. The highest BCUT2D eigenvalue weighted by molar-refractivity contribution is 9.10. The van der Waals surface area contributed by atoms with E-state index in [1.54, 1.807) is 36.4 Å². The molecule has 0 fully saturated rings. The molecule has 0 spiro atoms. The summed E-state index contributed by atoms with van der Waals surface area (Å²) in [4.78, 5) is 26.0. The summed E-state index contributed by atoms with van der Waals surface area (Å²) in [5.74, 6) is -0.204. The van der Waals surface area contributed by atoms with E-state index in [2.05, 4.69) is 31.9 Å². The van der Waals surface area contributed by atoms with E-state index in [4.69, 9.17) is 17.0 Å². The van der Waals surface area contributed by atoms with Crippen molar-refractivity contribution in [2.45, 2.75) is 12.8 Å². The summed E-state index contributed by atoms with van der Waals surface area (Å²) >= 11 is 8.83. The first-order chi connectivity index (χ1) is 19.0. The van der Waals surface area contributed by atoms with E-state index in [0.29, 0.717) is 42.1 Å². The van der Waals surface area contributed by atoms with Crippen LogP contribution in [0.25, 0.3) is 0 Å². The number of rotatable bonds is 10. The van der Waals surface area contributed by atoms with Gasteiger partial charge in [0.05, 0.1) is 23.4 Å². The van der Waals surface area contributed by atoms with Gasteiger partial charge in [-0.15, -0.1) is 0 Å². The number of hydrogen-bond acceptors (Lipinski definition) is 4. The molecule has 6 nitrogen and oxygen atoms in total. The van der Waals surface area contributed by atoms with Gasteiger partial charge >= 0.3 is 0 Å². The number of carbonyl (C=O) groups is 2. The number of para-hydroxylation sites is 1. The molecular formula is C31H28BrN3O3S. The maximum Gasteiger partial charge on any atom is 0.261 e. The Hall–Kier alpha value is -4.01. The number of benzene rings is 4. The molecule has 0 unspecified atom stereocenters. The number of carbonyl (C=O) groups excluding carboxylic acids is 2. The highest BCUT2D eigenvalue weighted by Gasteiger charge is 2.17. The van der Waals surface area contributed by atoms with E-state index in [0.717, 1.165) is 22.0 Å². The Bertz CT molecular complexity index is 1430. The topological polar surface area (TPSA) is 79.5 Å². The second-order valence-electron chi connectivity index (χ2n) is 8.67. The van der Waals surface area contributed by atoms with Crippen molar-refractivity contribution in [3.05, 3.63) is 130 Å². The van der Waals surface area contributed by atoms with E-state index >= 15 is 0 Å². The van der Waals surface area contributed by atoms with Crippen LogP contribution < -0.4 is 20.7 Å². The predicted octanol–water partition coefficient (Wildman–Crippen LogP) is 6.17. The highest BCUT2D eigenvalue weighted by atomic mass is 79.9. The van der Waals surface area contributed by atoms with Gasteiger partial charge in [0.25, 0.3) is 11.8 Å². The van der Waals surface area contributed by atoms with Gasteiger partial charge < -0.3 is 15.4 Å². The largest absolute Gasteiger partial charge is 0.492 e. The lowest BCUT2D eigenvalue weighted by atomic mass is 10.1. The second-order valence-corrected chi connectivity index (χ2v) is 9.99. The van der Waals surface area contributed by atoms with E-state index in [1.165, 1.54) is 0 Å². The van der Waals surface area contributed by atoms with Crippen molar-refractivity contribution in [3.63, 3.8) is 0 Å². The van der Waals surface area contributed by atoms with Crippen molar-refractivity contribution >= 4 is 50.8 Å². The van der Waals surface area contributed by atoms with Crippen LogP contribution in [0.1, 0.15) is 31.8 Å². The fourth-order valence-corrected chi connectivity index (χ4v) is 4.47. The Morgan fingerprint density at radius 1 is 0.744 bits per heavy atom. The summed E-state index contributed by atoms with van der Waals surface area (Å²) in [6.45, 7) is 0.912. The molecule has 4 aromatic carbocycles. The summed E-state index contributed by atoms with van der Waals surface area (Å²) in [7, 11) is 0. The summed E-state index contributed by atoms with van der Waals surface area (Å²) in [5, 5.41) is 8.70. The molecule has 4 aromatic rings. The zero-order valence-electron chi connectivity index (χ0n) is 21.2. The first-order valence-electron chi connectivity index (χ1n) is 12.5. The summed E-state index contributed by atoms with van der Waals surface area (Å²) < 4.78 is 6.67. The standard InChI is InChI=1S/C31H28BrN3O3S/c32-24-15-16-28(38-20-18-23-11-5-2-6-12-23)26(21-24)30(37)35-31(39)34-27-14-8-7-13-25(27)29(36)33-19-17-22-9-3-1-4-10-22/h1-16,21H,17-20H2,(H,33,36)(H2,34,35,37,39). The zero-order valence-corrected chi connectivity index (χ0v) is 23.6. The molecule has 4 rings (SSSR count). The van der Waals surface area contributed by atoms with Gasteiger partial charge in [0.2, 0.25) is 0 Å². The van der Waals surface area contributed by atoms with Crippen molar-refractivity contribution in [2.75, 3.05) is 18.5 Å². The molecule has 0 aliphatic carbocycles. The quantitative estimate of drug-likeness (QED) is 0.189. The minimum absolute atomic E-state index is 0.0692. The minimum Gasteiger partial charge on any atom is -0.492 e. The third-order valence-electron chi connectivity index (χ3n) is 5.87. The van der Waals surface area contributed by atoms with E-state index in [9.17, 15) is 9.59 Å². The van der Waals surface area contributed by atoms with Crippen molar-refractivity contribution < 1.29 is 14.3 Å². The number of hydrogen-bond donors (Lipinski definition) is 3. The van der Waals surface area contributed by atoms with Gasteiger partial charge in [0, 0.05) is 17.4 Å². The lowest BCUT2D eigenvalue weighted by molar-refractivity contribution is 0.0952. The normalized spacial score (nSPS) is 10.4. The number of anilines is 1. The molecule has 8 heteroatoms. The lowest BCUT2D eigenvalue weighted by Gasteiger charge is -2.15. The van der Waals surface area contributed by atoms with Crippen LogP contribution in [0, 0.1) is 0 Å². The number of amides is 2. The SMILES string of the molecule is O=C(NCCc1ccccc1)c1ccccc1NC(=S)NC(=O)c1cc(Br)ccc1OCCc1ccccc1. The number of ether oxygens (including phenoxy) is 1. The van der Waals surface area contributed by atoms with Crippen LogP contribution >= 0.6 is 28.1 Å². The van der Waals surface area contributed by atoms with E-state index in [1.807, 2.05) is 66.7 Å². The molecule has 0 saturated carbocycles. The first-order valence-corrected chi connectivity index (χ1v) is 13.7. The van der Waals surface area contributed by atoms with E-state index in [-0.39, 0.29) is 11.0 Å². The van der Waals surface area contributed by atoms with Gasteiger partial charge in [-0.05, 0) is 60.1 Å². The summed E-state index contributed by atoms with van der Waals surface area (Å²) in [6, 6.07) is 32.2. The van der Waals surface area contributed by atoms with E-state index < -0.39 is 5.91 Å². The molecule has 0 bridgehead atoms. The van der Waals surface area contributed by atoms with Gasteiger partial charge in [-0.25, -0.2) is 0 Å². The molecule has 39 heavy (non-hydrogen) atoms. The molecule has 0 aliphatic rings. The van der Waals surface area contributed by atoms with Crippen LogP contribution in [0.3, 0.4) is 0 Å². The molecule has 3 N–H and O–H groups in total. The van der Waals surface area contributed by atoms with Crippen LogP contribution in [-0.4, -0.2) is 30.1 Å². The van der Waals surface area contributed by atoms with Gasteiger partial charge in [0.1, 0.15) is 5.75 Å². The summed E-state index contributed by atoms with van der Waals surface area (Å²) in [5.41, 5.74) is 3.55. The number of halogens is 1. The Morgan fingerprint density at radius 2 is 1.38 bits per heavy atom. The van der Waals surface area contributed by atoms with Crippen molar-refractivity contribution in [3.8, 4) is 5.75 Å². The van der Waals surface area contributed by atoms with Crippen molar-refractivity contribution in [1.82, 2.24) is 10.6 Å². The maximum atomic E-state index is 13.1. The smallest absolute Gasteiger partial charge is 0.261 e. The molecule has 0 heterocycles. The van der Waals surface area contributed by atoms with Gasteiger partial charge in [-0.3, -0.25) is 14.9 Å². The third-order valence-corrected chi connectivity index (χ3v) is 6.56. The van der Waals surface area contributed by atoms with Crippen LogP contribution in [0.5, 0.6) is 5.75 Å². The molecule has 0 radical (unpaired) electrons. The predicted molar refractivity (Wildman–Crippen MR) is 162 cm³/mol. The van der Waals surface area contributed by atoms with Crippen LogP contribution in [0.2, 0.25) is 0 Å². The van der Waals surface area contributed by atoms with Crippen LogP contribution in [-0.2, 0) is 12.8 Å². The second kappa shape index (κ2) is 14.2.